The third-order valence-corrected chi connectivity index (χ3v) is 3.24. The monoisotopic (exact) mass is 321 g/mol. The van der Waals surface area contributed by atoms with Crippen LogP contribution in [0.25, 0.3) is 0 Å². The maximum Gasteiger partial charge on any atom is 0.252 e. The maximum atomic E-state index is 13.1. The second kappa shape index (κ2) is 7.67. The minimum absolute atomic E-state index is 0.120. The predicted molar refractivity (Wildman–Crippen MR) is 71.4 cm³/mol. The first-order valence-electron chi connectivity index (χ1n) is 5.45. The Morgan fingerprint density at radius 1 is 1.35 bits per heavy atom. The average Bonchev–Trinajstić information content (AvgIpc) is 2.32. The summed E-state index contributed by atoms with van der Waals surface area (Å²) in [5.74, 6) is -0.896. The summed E-state index contributed by atoms with van der Waals surface area (Å²) >= 11 is 9.05. The lowest BCUT2D eigenvalue weighted by atomic mass is 10.2. The lowest BCUT2D eigenvalue weighted by Gasteiger charge is -2.06. The average molecular weight is 323 g/mol. The molecule has 0 saturated heterocycles. The fourth-order valence-corrected chi connectivity index (χ4v) is 1.98. The Kier molecular flexibility index (Phi) is 6.52. The van der Waals surface area contributed by atoms with Gasteiger partial charge in [-0.05, 0) is 25.0 Å². The van der Waals surface area contributed by atoms with E-state index in [-0.39, 0.29) is 16.5 Å². The van der Waals surface area contributed by atoms with Crippen LogP contribution in [0.15, 0.2) is 18.2 Å². The molecule has 0 heterocycles. The fourth-order valence-electron chi connectivity index (χ4n) is 1.37. The first-order valence-corrected chi connectivity index (χ1v) is 6.95. The highest BCUT2D eigenvalue weighted by molar-refractivity contribution is 9.09. The van der Waals surface area contributed by atoms with Gasteiger partial charge in [-0.25, -0.2) is 4.39 Å². The van der Waals surface area contributed by atoms with Crippen LogP contribution < -0.4 is 5.32 Å². The van der Waals surface area contributed by atoms with Gasteiger partial charge in [-0.15, -0.1) is 0 Å². The van der Waals surface area contributed by atoms with Crippen molar-refractivity contribution < 1.29 is 9.18 Å². The van der Waals surface area contributed by atoms with Crippen molar-refractivity contribution in [1.29, 1.82) is 0 Å². The van der Waals surface area contributed by atoms with Crippen molar-refractivity contribution in [2.24, 2.45) is 0 Å². The van der Waals surface area contributed by atoms with Crippen LogP contribution in [0.3, 0.4) is 0 Å². The summed E-state index contributed by atoms with van der Waals surface area (Å²) in [5, 5.41) is 3.57. The number of alkyl halides is 1. The van der Waals surface area contributed by atoms with Gasteiger partial charge in [0.2, 0.25) is 0 Å². The summed E-state index contributed by atoms with van der Waals surface area (Å²) < 4.78 is 13.1. The molecule has 0 fully saturated rings. The number of amides is 1. The Morgan fingerprint density at radius 3 is 2.82 bits per heavy atom. The zero-order valence-corrected chi connectivity index (χ0v) is 11.7. The number of carbonyl (C=O) groups is 1. The number of carbonyl (C=O) groups excluding carboxylic acids is 1. The standard InChI is InChI=1S/C12H14BrClFNO/c13-7-2-1-3-8-16-12(17)9-5-4-6-10(15)11(9)14/h4-6H,1-3,7-8H2,(H,16,17). The van der Waals surface area contributed by atoms with Crippen molar-refractivity contribution in [2.75, 3.05) is 11.9 Å². The Morgan fingerprint density at radius 2 is 2.12 bits per heavy atom. The van der Waals surface area contributed by atoms with E-state index >= 15 is 0 Å². The maximum absolute atomic E-state index is 13.1. The summed E-state index contributed by atoms with van der Waals surface area (Å²) in [7, 11) is 0. The second-order valence-corrected chi connectivity index (χ2v) is 4.78. The van der Waals surface area contributed by atoms with E-state index in [0.29, 0.717) is 6.54 Å². The molecule has 1 N–H and O–H groups in total. The van der Waals surface area contributed by atoms with Gasteiger partial charge in [-0.3, -0.25) is 4.79 Å². The van der Waals surface area contributed by atoms with Gasteiger partial charge in [0.1, 0.15) is 5.82 Å². The molecule has 0 aliphatic heterocycles. The van der Waals surface area contributed by atoms with E-state index < -0.39 is 5.82 Å². The van der Waals surface area contributed by atoms with Crippen molar-refractivity contribution in [3.05, 3.63) is 34.6 Å². The van der Waals surface area contributed by atoms with Gasteiger partial charge in [-0.1, -0.05) is 40.0 Å². The Bertz CT molecular complexity index is 387. The number of hydrogen-bond donors (Lipinski definition) is 1. The van der Waals surface area contributed by atoms with Gasteiger partial charge in [0.15, 0.2) is 0 Å². The van der Waals surface area contributed by atoms with Crippen molar-refractivity contribution in [1.82, 2.24) is 5.32 Å². The molecule has 1 aromatic carbocycles. The van der Waals surface area contributed by atoms with Gasteiger partial charge in [0.05, 0.1) is 10.6 Å². The fraction of sp³-hybridized carbons (Fsp3) is 0.417. The third-order valence-electron chi connectivity index (χ3n) is 2.29. The molecule has 1 rings (SSSR count). The molecule has 0 saturated carbocycles. The summed E-state index contributed by atoms with van der Waals surface area (Å²) in [4.78, 5) is 11.7. The van der Waals surface area contributed by atoms with E-state index in [4.69, 9.17) is 11.6 Å². The lowest BCUT2D eigenvalue weighted by molar-refractivity contribution is 0.0952. The summed E-state index contributed by atoms with van der Waals surface area (Å²) in [5.41, 5.74) is 0.187. The Labute approximate surface area is 114 Å². The third kappa shape index (κ3) is 4.64. The highest BCUT2D eigenvalue weighted by atomic mass is 79.9. The van der Waals surface area contributed by atoms with Gasteiger partial charge < -0.3 is 5.32 Å². The molecule has 0 atom stereocenters. The molecule has 1 aromatic rings. The van der Waals surface area contributed by atoms with Crippen LogP contribution in [0, 0.1) is 5.82 Å². The number of nitrogens with one attached hydrogen (secondary N) is 1. The SMILES string of the molecule is O=C(NCCCCCBr)c1cccc(F)c1Cl. The molecule has 0 aromatic heterocycles. The van der Waals surface area contributed by atoms with Crippen LogP contribution in [-0.4, -0.2) is 17.8 Å². The van der Waals surface area contributed by atoms with Crippen LogP contribution in [0.4, 0.5) is 4.39 Å². The molecule has 0 bridgehead atoms. The number of hydrogen-bond acceptors (Lipinski definition) is 1. The Balaban J connectivity index is 2.44. The van der Waals surface area contributed by atoms with Crippen LogP contribution in [-0.2, 0) is 0 Å². The van der Waals surface area contributed by atoms with Crippen molar-refractivity contribution in [3.63, 3.8) is 0 Å². The molecule has 0 aliphatic carbocycles. The van der Waals surface area contributed by atoms with Crippen LogP contribution in [0.5, 0.6) is 0 Å². The van der Waals surface area contributed by atoms with Gasteiger partial charge >= 0.3 is 0 Å². The minimum Gasteiger partial charge on any atom is -0.352 e. The largest absolute Gasteiger partial charge is 0.352 e. The van der Waals surface area contributed by atoms with Gasteiger partial charge in [-0.2, -0.15) is 0 Å². The normalized spacial score (nSPS) is 10.3. The number of unbranched alkanes of at least 4 members (excludes halogenated alkanes) is 2. The molecule has 0 unspecified atom stereocenters. The van der Waals surface area contributed by atoms with Crippen LogP contribution >= 0.6 is 27.5 Å². The smallest absolute Gasteiger partial charge is 0.252 e. The van der Waals surface area contributed by atoms with Gasteiger partial charge in [0.25, 0.3) is 5.91 Å². The molecule has 0 spiro atoms. The minimum atomic E-state index is -0.571. The first kappa shape index (κ1) is 14.5. The van der Waals surface area contributed by atoms with Crippen LogP contribution in [0.1, 0.15) is 29.6 Å². The molecule has 1 amide bonds. The molecule has 0 radical (unpaired) electrons. The van der Waals surface area contributed by atoms with E-state index in [0.717, 1.165) is 24.6 Å². The van der Waals surface area contributed by atoms with Crippen molar-refractivity contribution in [2.45, 2.75) is 19.3 Å². The lowest BCUT2D eigenvalue weighted by Crippen LogP contribution is -2.24. The Hall–Kier alpha value is -0.610. The van der Waals surface area contributed by atoms with Crippen LogP contribution in [0.2, 0.25) is 5.02 Å². The van der Waals surface area contributed by atoms with E-state index in [2.05, 4.69) is 21.2 Å². The topological polar surface area (TPSA) is 29.1 Å². The first-order chi connectivity index (χ1) is 8.16. The number of benzene rings is 1. The summed E-state index contributed by atoms with van der Waals surface area (Å²) in [6, 6.07) is 4.22. The quantitative estimate of drug-likeness (QED) is 0.627. The zero-order valence-electron chi connectivity index (χ0n) is 9.31. The van der Waals surface area contributed by atoms with E-state index in [9.17, 15) is 9.18 Å². The highest BCUT2D eigenvalue weighted by Crippen LogP contribution is 2.19. The molecule has 5 heteroatoms. The number of halogens is 3. The van der Waals surface area contributed by atoms with E-state index in [1.807, 2.05) is 0 Å². The van der Waals surface area contributed by atoms with Crippen molar-refractivity contribution in [3.8, 4) is 0 Å². The highest BCUT2D eigenvalue weighted by Gasteiger charge is 2.12. The summed E-state index contributed by atoms with van der Waals surface area (Å²) in [6.07, 6.45) is 3.03. The second-order valence-electron chi connectivity index (χ2n) is 3.61. The molecular formula is C12H14BrClFNO. The molecule has 0 aliphatic rings. The number of rotatable bonds is 6. The predicted octanol–water partition coefficient (Wildman–Crippen LogP) is 3.77. The molecule has 94 valence electrons. The van der Waals surface area contributed by atoms with E-state index in [1.54, 1.807) is 0 Å². The molecule has 17 heavy (non-hydrogen) atoms. The molecular weight excluding hydrogens is 308 g/mol. The van der Waals surface area contributed by atoms with Crippen molar-refractivity contribution >= 4 is 33.4 Å². The van der Waals surface area contributed by atoms with Gasteiger partial charge in [0, 0.05) is 11.9 Å². The van der Waals surface area contributed by atoms with E-state index in [1.165, 1.54) is 18.2 Å². The molecule has 2 nitrogen and oxygen atoms in total. The summed E-state index contributed by atoms with van der Waals surface area (Å²) in [6.45, 7) is 0.582. The zero-order chi connectivity index (χ0) is 12.7.